The molecule has 1 atom stereocenters. The van der Waals surface area contributed by atoms with Gasteiger partial charge in [-0.05, 0) is 31.7 Å². The van der Waals surface area contributed by atoms with Crippen LogP contribution in [0.2, 0.25) is 0 Å². The Morgan fingerprint density at radius 1 is 1.16 bits per heavy atom. The first-order valence-corrected chi connectivity index (χ1v) is 7.41. The minimum Gasteiger partial charge on any atom is -0.508 e. The van der Waals surface area contributed by atoms with Gasteiger partial charge in [0, 0.05) is 24.2 Å². The van der Waals surface area contributed by atoms with Gasteiger partial charge in [0.25, 0.3) is 0 Å². The second kappa shape index (κ2) is 6.80. The van der Waals surface area contributed by atoms with Crippen molar-refractivity contribution in [2.24, 2.45) is 5.92 Å². The molecule has 0 unspecified atom stereocenters. The van der Waals surface area contributed by atoms with Crippen LogP contribution in [-0.4, -0.2) is 16.3 Å². The van der Waals surface area contributed by atoms with Crippen LogP contribution in [0.3, 0.4) is 0 Å². The van der Waals surface area contributed by atoms with Crippen LogP contribution in [0.4, 0.5) is 0 Å². The molecule has 0 amide bonds. The van der Waals surface area contributed by atoms with Crippen LogP contribution in [0.15, 0.2) is 18.2 Å². The van der Waals surface area contributed by atoms with Gasteiger partial charge in [0.2, 0.25) is 0 Å². The lowest BCUT2D eigenvalue weighted by Crippen LogP contribution is -2.32. The van der Waals surface area contributed by atoms with Gasteiger partial charge in [0.05, 0.1) is 0 Å². The van der Waals surface area contributed by atoms with Crippen molar-refractivity contribution in [1.82, 2.24) is 5.32 Å². The van der Waals surface area contributed by atoms with Crippen molar-refractivity contribution in [1.29, 1.82) is 0 Å². The first-order chi connectivity index (χ1) is 9.16. The number of hydrogen-bond acceptors (Lipinski definition) is 3. The van der Waals surface area contributed by atoms with Crippen molar-refractivity contribution in [3.8, 4) is 11.5 Å². The Balaban J connectivity index is 1.86. The van der Waals surface area contributed by atoms with Crippen molar-refractivity contribution < 1.29 is 10.2 Å². The van der Waals surface area contributed by atoms with Crippen molar-refractivity contribution in [3.63, 3.8) is 0 Å². The minimum absolute atomic E-state index is 0.109. The van der Waals surface area contributed by atoms with E-state index in [0.29, 0.717) is 12.6 Å². The molecule has 1 aromatic rings. The molecule has 3 heteroatoms. The van der Waals surface area contributed by atoms with Gasteiger partial charge in [0.15, 0.2) is 0 Å². The molecule has 3 nitrogen and oxygen atoms in total. The normalized spacial score (nSPS) is 19.0. The summed E-state index contributed by atoms with van der Waals surface area (Å²) >= 11 is 0. The van der Waals surface area contributed by atoms with Crippen molar-refractivity contribution in [3.05, 3.63) is 23.8 Å². The summed E-state index contributed by atoms with van der Waals surface area (Å²) in [4.78, 5) is 0. The number of aromatic hydroxyl groups is 2. The van der Waals surface area contributed by atoms with E-state index in [1.54, 1.807) is 12.1 Å². The molecular formula is C16H25NO2. The second-order valence-electron chi connectivity index (χ2n) is 5.73. The SMILES string of the molecule is C[C@H](NCc1ccc(O)cc1O)C1CCCCCC1. The summed E-state index contributed by atoms with van der Waals surface area (Å²) in [6.07, 6.45) is 8.08. The zero-order valence-electron chi connectivity index (χ0n) is 11.7. The number of phenols is 2. The van der Waals surface area contributed by atoms with Crippen LogP contribution in [0.5, 0.6) is 11.5 Å². The summed E-state index contributed by atoms with van der Waals surface area (Å²) < 4.78 is 0. The van der Waals surface area contributed by atoms with Gasteiger partial charge >= 0.3 is 0 Å². The lowest BCUT2D eigenvalue weighted by Gasteiger charge is -2.24. The van der Waals surface area contributed by atoms with Crippen LogP contribution in [0, 0.1) is 5.92 Å². The van der Waals surface area contributed by atoms with E-state index < -0.39 is 0 Å². The number of rotatable bonds is 4. The maximum absolute atomic E-state index is 9.76. The van der Waals surface area contributed by atoms with Gasteiger partial charge in [-0.3, -0.25) is 0 Å². The molecule has 106 valence electrons. The van der Waals surface area contributed by atoms with Gasteiger partial charge in [-0.15, -0.1) is 0 Å². The average molecular weight is 263 g/mol. The number of hydrogen-bond donors (Lipinski definition) is 3. The van der Waals surface area contributed by atoms with E-state index in [0.717, 1.165) is 11.5 Å². The highest BCUT2D eigenvalue weighted by Crippen LogP contribution is 2.26. The van der Waals surface area contributed by atoms with Crippen molar-refractivity contribution >= 4 is 0 Å². The molecule has 0 aliphatic heterocycles. The Hall–Kier alpha value is -1.22. The van der Waals surface area contributed by atoms with Gasteiger partial charge in [-0.2, -0.15) is 0 Å². The van der Waals surface area contributed by atoms with Crippen molar-refractivity contribution in [2.45, 2.75) is 58.0 Å². The number of phenolic OH excluding ortho intramolecular Hbond substituents is 2. The predicted octanol–water partition coefficient (Wildman–Crippen LogP) is 3.55. The Kier molecular flexibility index (Phi) is 5.08. The van der Waals surface area contributed by atoms with Gasteiger partial charge in [-0.25, -0.2) is 0 Å². The van der Waals surface area contributed by atoms with E-state index in [4.69, 9.17) is 0 Å². The fraction of sp³-hybridized carbons (Fsp3) is 0.625. The molecule has 2 rings (SSSR count). The van der Waals surface area contributed by atoms with Crippen LogP contribution in [0.25, 0.3) is 0 Å². The van der Waals surface area contributed by atoms with E-state index in [1.807, 2.05) is 0 Å². The predicted molar refractivity (Wildman–Crippen MR) is 77.3 cm³/mol. The van der Waals surface area contributed by atoms with Gasteiger partial charge in [0.1, 0.15) is 11.5 Å². The third-order valence-electron chi connectivity index (χ3n) is 4.29. The summed E-state index contributed by atoms with van der Waals surface area (Å²) in [5.74, 6) is 1.03. The van der Waals surface area contributed by atoms with Gasteiger partial charge in [-0.1, -0.05) is 31.7 Å². The maximum Gasteiger partial charge on any atom is 0.123 e. The number of nitrogens with one attached hydrogen (secondary N) is 1. The Morgan fingerprint density at radius 2 is 1.84 bits per heavy atom. The van der Waals surface area contributed by atoms with E-state index in [9.17, 15) is 10.2 Å². The van der Waals surface area contributed by atoms with Crippen molar-refractivity contribution in [2.75, 3.05) is 0 Å². The van der Waals surface area contributed by atoms with Crippen LogP contribution < -0.4 is 5.32 Å². The summed E-state index contributed by atoms with van der Waals surface area (Å²) in [5, 5.41) is 22.5. The molecule has 1 aliphatic rings. The lowest BCUT2D eigenvalue weighted by atomic mass is 9.93. The molecular weight excluding hydrogens is 238 g/mol. The smallest absolute Gasteiger partial charge is 0.123 e. The fourth-order valence-electron chi connectivity index (χ4n) is 2.95. The molecule has 0 heterocycles. The first kappa shape index (κ1) is 14.2. The standard InChI is InChI=1S/C16H25NO2/c1-12(13-6-4-2-3-5-7-13)17-11-14-8-9-15(18)10-16(14)19/h8-10,12-13,17-19H,2-7,11H2,1H3/t12-/m0/s1. The molecule has 1 fully saturated rings. The zero-order chi connectivity index (χ0) is 13.7. The van der Waals surface area contributed by atoms with E-state index in [2.05, 4.69) is 12.2 Å². The maximum atomic E-state index is 9.76. The highest BCUT2D eigenvalue weighted by molar-refractivity contribution is 5.38. The third kappa shape index (κ3) is 4.13. The largest absolute Gasteiger partial charge is 0.508 e. The van der Waals surface area contributed by atoms with Gasteiger partial charge < -0.3 is 15.5 Å². The Bertz CT molecular complexity index is 398. The summed E-state index contributed by atoms with van der Waals surface area (Å²) in [5.41, 5.74) is 0.846. The average Bonchev–Trinajstić information content (AvgIpc) is 2.66. The zero-order valence-corrected chi connectivity index (χ0v) is 11.7. The topological polar surface area (TPSA) is 52.5 Å². The third-order valence-corrected chi connectivity index (χ3v) is 4.29. The lowest BCUT2D eigenvalue weighted by molar-refractivity contribution is 0.334. The fourth-order valence-corrected chi connectivity index (χ4v) is 2.95. The summed E-state index contributed by atoms with van der Waals surface area (Å²) in [6, 6.07) is 5.27. The molecule has 1 aliphatic carbocycles. The van der Waals surface area contributed by atoms with E-state index in [1.165, 1.54) is 44.6 Å². The summed E-state index contributed by atoms with van der Waals surface area (Å²) in [6.45, 7) is 2.90. The Morgan fingerprint density at radius 3 is 2.47 bits per heavy atom. The molecule has 3 N–H and O–H groups in total. The van der Waals surface area contributed by atoms with E-state index in [-0.39, 0.29) is 11.5 Å². The molecule has 1 saturated carbocycles. The highest BCUT2D eigenvalue weighted by Gasteiger charge is 2.18. The van der Waals surface area contributed by atoms with Crippen LogP contribution >= 0.6 is 0 Å². The highest BCUT2D eigenvalue weighted by atomic mass is 16.3. The van der Waals surface area contributed by atoms with E-state index >= 15 is 0 Å². The Labute approximate surface area is 115 Å². The number of benzene rings is 1. The monoisotopic (exact) mass is 263 g/mol. The molecule has 0 aromatic heterocycles. The molecule has 0 spiro atoms. The molecule has 0 saturated heterocycles. The molecule has 1 aromatic carbocycles. The first-order valence-electron chi connectivity index (χ1n) is 7.41. The molecule has 19 heavy (non-hydrogen) atoms. The van der Waals surface area contributed by atoms with Crippen LogP contribution in [0.1, 0.15) is 51.0 Å². The van der Waals surface area contributed by atoms with Crippen LogP contribution in [-0.2, 0) is 6.54 Å². The molecule has 0 bridgehead atoms. The minimum atomic E-state index is 0.109. The second-order valence-corrected chi connectivity index (χ2v) is 5.73. The quantitative estimate of drug-likeness (QED) is 0.728. The summed E-state index contributed by atoms with van der Waals surface area (Å²) in [7, 11) is 0. The molecule has 0 radical (unpaired) electrons.